The zero-order chi connectivity index (χ0) is 17.0. The standard InChI is InChI=1S/C15H20Cl2N2O3S/c1-19(14-3-5-23(21,22)10-14)9-15(20)18-4-2-11-6-12(16)8-13(17)7-11/h6-8,14H,2-5,9-10H2,1H3,(H,18,20). The first-order chi connectivity index (χ1) is 10.7. The van der Waals surface area contributed by atoms with E-state index in [2.05, 4.69) is 5.32 Å². The number of halogens is 2. The predicted molar refractivity (Wildman–Crippen MR) is 92.9 cm³/mol. The maximum Gasteiger partial charge on any atom is 0.234 e. The third-order valence-electron chi connectivity index (χ3n) is 3.88. The van der Waals surface area contributed by atoms with Gasteiger partial charge in [-0.25, -0.2) is 8.42 Å². The van der Waals surface area contributed by atoms with E-state index in [9.17, 15) is 13.2 Å². The molecule has 0 radical (unpaired) electrons. The molecule has 0 saturated carbocycles. The summed E-state index contributed by atoms with van der Waals surface area (Å²) in [6, 6.07) is 5.22. The van der Waals surface area contributed by atoms with Crippen LogP contribution in [-0.4, -0.2) is 56.9 Å². The van der Waals surface area contributed by atoms with Gasteiger partial charge in [-0.2, -0.15) is 0 Å². The number of benzene rings is 1. The molecule has 1 atom stereocenters. The number of nitrogens with one attached hydrogen (secondary N) is 1. The molecule has 5 nitrogen and oxygen atoms in total. The molecule has 1 heterocycles. The van der Waals surface area contributed by atoms with E-state index in [1.807, 2.05) is 12.1 Å². The average molecular weight is 379 g/mol. The van der Waals surface area contributed by atoms with Gasteiger partial charge in [0.1, 0.15) is 0 Å². The van der Waals surface area contributed by atoms with Crippen LogP contribution < -0.4 is 5.32 Å². The Labute approximate surface area is 146 Å². The summed E-state index contributed by atoms with van der Waals surface area (Å²) >= 11 is 11.9. The fraction of sp³-hybridized carbons (Fsp3) is 0.533. The zero-order valence-corrected chi connectivity index (χ0v) is 15.2. The van der Waals surface area contributed by atoms with Gasteiger partial charge >= 0.3 is 0 Å². The molecule has 1 aromatic rings. The van der Waals surface area contributed by atoms with Crippen molar-refractivity contribution in [3.63, 3.8) is 0 Å². The molecule has 2 rings (SSSR count). The van der Waals surface area contributed by atoms with Crippen LogP contribution in [0.15, 0.2) is 18.2 Å². The van der Waals surface area contributed by atoms with E-state index >= 15 is 0 Å². The van der Waals surface area contributed by atoms with Gasteiger partial charge in [0.15, 0.2) is 9.84 Å². The fourth-order valence-corrected chi connectivity index (χ4v) is 5.01. The smallest absolute Gasteiger partial charge is 0.234 e. The normalized spacial score (nSPS) is 19.9. The predicted octanol–water partition coefficient (Wildman–Crippen LogP) is 1.77. The molecule has 1 fully saturated rings. The molecule has 0 spiro atoms. The number of likely N-dealkylation sites (N-methyl/N-ethyl adjacent to an activating group) is 1. The quantitative estimate of drug-likeness (QED) is 0.818. The zero-order valence-electron chi connectivity index (χ0n) is 12.9. The van der Waals surface area contributed by atoms with E-state index in [-0.39, 0.29) is 30.0 Å². The van der Waals surface area contributed by atoms with Crippen molar-refractivity contribution in [2.75, 3.05) is 31.6 Å². The molecule has 0 aromatic heterocycles. The Kier molecular flexibility index (Phi) is 6.31. The summed E-state index contributed by atoms with van der Waals surface area (Å²) in [5.41, 5.74) is 0.957. The Morgan fingerprint density at radius 2 is 1.96 bits per heavy atom. The van der Waals surface area contributed by atoms with Crippen LogP contribution in [-0.2, 0) is 21.1 Å². The minimum absolute atomic E-state index is 0.0718. The summed E-state index contributed by atoms with van der Waals surface area (Å²) in [6.07, 6.45) is 1.22. The molecule has 1 aliphatic rings. The lowest BCUT2D eigenvalue weighted by Crippen LogP contribution is -2.41. The lowest BCUT2D eigenvalue weighted by Gasteiger charge is -2.22. The van der Waals surface area contributed by atoms with Crippen LogP contribution in [0.5, 0.6) is 0 Å². The third-order valence-corrected chi connectivity index (χ3v) is 6.07. The number of sulfone groups is 1. The van der Waals surface area contributed by atoms with Crippen LogP contribution in [0, 0.1) is 0 Å². The van der Waals surface area contributed by atoms with Gasteiger partial charge < -0.3 is 5.32 Å². The first-order valence-corrected chi connectivity index (χ1v) is 9.95. The average Bonchev–Trinajstić information content (AvgIpc) is 2.78. The molecule has 1 amide bonds. The van der Waals surface area contributed by atoms with E-state index in [4.69, 9.17) is 23.2 Å². The highest BCUT2D eigenvalue weighted by Gasteiger charge is 2.31. The molecule has 8 heteroatoms. The van der Waals surface area contributed by atoms with Crippen LogP contribution in [0.2, 0.25) is 10.0 Å². The maximum absolute atomic E-state index is 11.9. The number of hydrogen-bond acceptors (Lipinski definition) is 4. The Morgan fingerprint density at radius 1 is 1.30 bits per heavy atom. The minimum atomic E-state index is -2.94. The highest BCUT2D eigenvalue weighted by atomic mass is 35.5. The van der Waals surface area contributed by atoms with Crippen LogP contribution in [0.1, 0.15) is 12.0 Å². The number of carbonyl (C=O) groups excluding carboxylic acids is 1. The minimum Gasteiger partial charge on any atom is -0.355 e. The maximum atomic E-state index is 11.9. The second-order valence-electron chi connectivity index (χ2n) is 5.85. The first-order valence-electron chi connectivity index (χ1n) is 7.37. The Hall–Kier alpha value is -0.820. The van der Waals surface area contributed by atoms with Crippen molar-refractivity contribution >= 4 is 38.9 Å². The summed E-state index contributed by atoms with van der Waals surface area (Å²) in [5.74, 6) is 0.224. The lowest BCUT2D eigenvalue weighted by molar-refractivity contribution is -0.122. The second kappa shape index (κ2) is 7.83. The fourth-order valence-electron chi connectivity index (χ4n) is 2.64. The van der Waals surface area contributed by atoms with Gasteiger partial charge in [0.25, 0.3) is 0 Å². The molecular formula is C15H20Cl2N2O3S. The van der Waals surface area contributed by atoms with E-state index in [0.29, 0.717) is 29.4 Å². The van der Waals surface area contributed by atoms with Crippen molar-refractivity contribution in [3.8, 4) is 0 Å². The molecule has 1 aliphatic heterocycles. The van der Waals surface area contributed by atoms with Crippen molar-refractivity contribution in [1.82, 2.24) is 10.2 Å². The molecule has 128 valence electrons. The largest absolute Gasteiger partial charge is 0.355 e. The van der Waals surface area contributed by atoms with E-state index in [1.165, 1.54) is 0 Å². The van der Waals surface area contributed by atoms with E-state index in [0.717, 1.165) is 5.56 Å². The third kappa shape index (κ3) is 5.95. The van der Waals surface area contributed by atoms with Crippen molar-refractivity contribution in [1.29, 1.82) is 0 Å². The Bertz CT molecular complexity index is 659. The molecule has 1 unspecified atom stereocenters. The molecular weight excluding hydrogens is 359 g/mol. The van der Waals surface area contributed by atoms with Crippen molar-refractivity contribution < 1.29 is 13.2 Å². The van der Waals surface area contributed by atoms with Crippen LogP contribution in [0.25, 0.3) is 0 Å². The van der Waals surface area contributed by atoms with Crippen LogP contribution in [0.4, 0.5) is 0 Å². The van der Waals surface area contributed by atoms with Gasteiger partial charge in [-0.3, -0.25) is 9.69 Å². The molecule has 1 N–H and O–H groups in total. The number of carbonyl (C=O) groups is 1. The molecule has 1 aromatic carbocycles. The van der Waals surface area contributed by atoms with Gasteiger partial charge in [0.2, 0.25) is 5.91 Å². The number of amides is 1. The van der Waals surface area contributed by atoms with Gasteiger partial charge in [0.05, 0.1) is 18.1 Å². The van der Waals surface area contributed by atoms with Crippen LogP contribution in [0.3, 0.4) is 0 Å². The number of hydrogen-bond donors (Lipinski definition) is 1. The molecule has 1 saturated heterocycles. The molecule has 0 aliphatic carbocycles. The Morgan fingerprint density at radius 3 is 2.52 bits per heavy atom. The monoisotopic (exact) mass is 378 g/mol. The van der Waals surface area contributed by atoms with Gasteiger partial charge in [0, 0.05) is 22.6 Å². The highest BCUT2D eigenvalue weighted by molar-refractivity contribution is 7.91. The first kappa shape index (κ1) is 18.5. The number of nitrogens with zero attached hydrogens (tertiary/aromatic N) is 1. The van der Waals surface area contributed by atoms with Crippen molar-refractivity contribution in [2.45, 2.75) is 18.9 Å². The van der Waals surface area contributed by atoms with Crippen molar-refractivity contribution in [2.24, 2.45) is 0 Å². The van der Waals surface area contributed by atoms with E-state index in [1.54, 1.807) is 18.0 Å². The topological polar surface area (TPSA) is 66.5 Å². The highest BCUT2D eigenvalue weighted by Crippen LogP contribution is 2.19. The van der Waals surface area contributed by atoms with Gasteiger partial charge in [-0.1, -0.05) is 23.2 Å². The van der Waals surface area contributed by atoms with Gasteiger partial charge in [-0.05, 0) is 43.7 Å². The van der Waals surface area contributed by atoms with Gasteiger partial charge in [-0.15, -0.1) is 0 Å². The summed E-state index contributed by atoms with van der Waals surface area (Å²) in [4.78, 5) is 13.7. The Balaban J connectivity index is 1.75. The summed E-state index contributed by atoms with van der Waals surface area (Å²) in [6.45, 7) is 0.669. The summed E-state index contributed by atoms with van der Waals surface area (Å²) in [7, 11) is -1.16. The lowest BCUT2D eigenvalue weighted by atomic mass is 10.1. The summed E-state index contributed by atoms with van der Waals surface area (Å²) < 4.78 is 22.9. The molecule has 0 bridgehead atoms. The second-order valence-corrected chi connectivity index (χ2v) is 8.95. The van der Waals surface area contributed by atoms with Crippen molar-refractivity contribution in [3.05, 3.63) is 33.8 Å². The summed E-state index contributed by atoms with van der Waals surface area (Å²) in [5, 5.41) is 3.97. The SMILES string of the molecule is CN(CC(=O)NCCc1cc(Cl)cc(Cl)c1)C1CCS(=O)(=O)C1. The molecule has 23 heavy (non-hydrogen) atoms. The van der Waals surface area contributed by atoms with Crippen LogP contribution >= 0.6 is 23.2 Å². The number of rotatable bonds is 6. The van der Waals surface area contributed by atoms with E-state index < -0.39 is 9.84 Å².